The number of imidazole rings is 1. The minimum absolute atomic E-state index is 0.0550. The molecule has 1 aliphatic heterocycles. The van der Waals surface area contributed by atoms with Gasteiger partial charge in [0, 0.05) is 41.8 Å². The maximum absolute atomic E-state index is 13.2. The third kappa shape index (κ3) is 3.11. The van der Waals surface area contributed by atoms with Crippen LogP contribution in [0.25, 0.3) is 33.1 Å². The average Bonchev–Trinajstić information content (AvgIpc) is 3.47. The first-order chi connectivity index (χ1) is 15.8. The second-order valence-corrected chi connectivity index (χ2v) is 8.27. The van der Waals surface area contributed by atoms with Gasteiger partial charge in [0.15, 0.2) is 0 Å². The van der Waals surface area contributed by atoms with Gasteiger partial charge in [0.25, 0.3) is 5.56 Å². The Kier molecular flexibility index (Phi) is 4.58. The fourth-order valence-electron chi connectivity index (χ4n) is 4.73. The Morgan fingerprint density at radius 1 is 1.03 bits per heavy atom. The van der Waals surface area contributed by atoms with Crippen LogP contribution in [0.3, 0.4) is 0 Å². The number of aryl methyl sites for hydroxylation is 1. The zero-order valence-electron chi connectivity index (χ0n) is 17.7. The first-order valence-electron chi connectivity index (χ1n) is 11.0. The predicted octanol–water partition coefficient (Wildman–Crippen LogP) is 3.95. The van der Waals surface area contributed by atoms with Crippen LogP contribution in [0.4, 0.5) is 0 Å². The number of nitrogens with one attached hydrogen (secondary N) is 1. The average molecular weight is 422 g/mol. The molecular weight excluding hydrogens is 398 g/mol. The molecule has 4 heterocycles. The van der Waals surface area contributed by atoms with E-state index in [-0.39, 0.29) is 5.56 Å². The lowest BCUT2D eigenvalue weighted by Gasteiger charge is -2.13. The molecule has 2 aromatic carbocycles. The molecule has 0 saturated heterocycles. The van der Waals surface area contributed by atoms with Gasteiger partial charge in [-0.1, -0.05) is 36.4 Å². The number of pyridine rings is 2. The summed E-state index contributed by atoms with van der Waals surface area (Å²) in [7, 11) is 0. The molecule has 0 unspecified atom stereocenters. The molecule has 0 atom stereocenters. The minimum atomic E-state index is 0.0550. The van der Waals surface area contributed by atoms with Crippen LogP contribution in [0.1, 0.15) is 17.5 Å². The topological polar surface area (TPSA) is 64.7 Å². The molecule has 0 spiro atoms. The van der Waals surface area contributed by atoms with Crippen LogP contribution >= 0.6 is 0 Å². The normalized spacial score (nSPS) is 12.4. The first kappa shape index (κ1) is 19.0. The summed E-state index contributed by atoms with van der Waals surface area (Å²) in [5, 5.41) is 6.48. The number of benzene rings is 2. The molecule has 0 bridgehead atoms. The van der Waals surface area contributed by atoms with E-state index in [0.717, 1.165) is 64.7 Å². The molecular formula is C26H23N5O. The van der Waals surface area contributed by atoms with Gasteiger partial charge in [-0.3, -0.25) is 4.79 Å². The van der Waals surface area contributed by atoms with E-state index < -0.39 is 0 Å². The largest absolute Gasteiger partial charge is 0.337 e. The zero-order valence-corrected chi connectivity index (χ0v) is 17.7. The molecule has 1 aliphatic rings. The van der Waals surface area contributed by atoms with Crippen LogP contribution in [-0.4, -0.2) is 25.6 Å². The van der Waals surface area contributed by atoms with Crippen LogP contribution in [-0.2, 0) is 19.6 Å². The quantitative estimate of drug-likeness (QED) is 0.414. The Morgan fingerprint density at radius 3 is 2.75 bits per heavy atom. The van der Waals surface area contributed by atoms with Crippen molar-refractivity contribution in [3.05, 3.63) is 94.8 Å². The highest BCUT2D eigenvalue weighted by molar-refractivity contribution is 5.91. The van der Waals surface area contributed by atoms with E-state index in [4.69, 9.17) is 4.98 Å². The Morgan fingerprint density at radius 2 is 1.88 bits per heavy atom. The van der Waals surface area contributed by atoms with E-state index in [1.54, 1.807) is 0 Å². The van der Waals surface area contributed by atoms with Crippen LogP contribution in [0.2, 0.25) is 0 Å². The molecule has 3 aromatic heterocycles. The van der Waals surface area contributed by atoms with Gasteiger partial charge >= 0.3 is 0 Å². The molecule has 0 fully saturated rings. The van der Waals surface area contributed by atoms with Crippen molar-refractivity contribution in [1.82, 2.24) is 24.4 Å². The number of aromatic nitrogens is 4. The van der Waals surface area contributed by atoms with Gasteiger partial charge < -0.3 is 14.5 Å². The zero-order chi connectivity index (χ0) is 21.5. The number of rotatable bonds is 6. The predicted molar refractivity (Wildman–Crippen MR) is 127 cm³/mol. The maximum Gasteiger partial charge on any atom is 0.259 e. The van der Waals surface area contributed by atoms with Crippen molar-refractivity contribution < 1.29 is 0 Å². The number of nitrogens with zero attached hydrogens (tertiary/aromatic N) is 4. The van der Waals surface area contributed by atoms with E-state index >= 15 is 0 Å². The van der Waals surface area contributed by atoms with E-state index in [9.17, 15) is 4.79 Å². The summed E-state index contributed by atoms with van der Waals surface area (Å²) < 4.78 is 3.97. The molecule has 6 rings (SSSR count). The van der Waals surface area contributed by atoms with E-state index in [1.165, 1.54) is 5.56 Å². The van der Waals surface area contributed by atoms with Crippen molar-refractivity contribution in [3.8, 4) is 11.4 Å². The van der Waals surface area contributed by atoms with Gasteiger partial charge in [-0.25, -0.2) is 9.97 Å². The van der Waals surface area contributed by atoms with E-state index in [1.807, 2.05) is 53.6 Å². The summed E-state index contributed by atoms with van der Waals surface area (Å²) in [6.07, 6.45) is 6.67. The van der Waals surface area contributed by atoms with E-state index in [0.29, 0.717) is 6.54 Å². The summed E-state index contributed by atoms with van der Waals surface area (Å²) >= 11 is 0. The summed E-state index contributed by atoms with van der Waals surface area (Å²) in [5.41, 5.74) is 5.26. The van der Waals surface area contributed by atoms with Crippen LogP contribution in [0.15, 0.2) is 78.1 Å². The van der Waals surface area contributed by atoms with Gasteiger partial charge in [0.1, 0.15) is 0 Å². The highest BCUT2D eigenvalue weighted by Crippen LogP contribution is 2.36. The summed E-state index contributed by atoms with van der Waals surface area (Å²) in [6, 6.07) is 18.2. The lowest BCUT2D eigenvalue weighted by molar-refractivity contribution is 0.580. The van der Waals surface area contributed by atoms with E-state index in [2.05, 4.69) is 39.1 Å². The molecule has 0 aliphatic carbocycles. The Hall–Kier alpha value is -3.77. The van der Waals surface area contributed by atoms with Crippen LogP contribution in [0.5, 0.6) is 0 Å². The Bertz CT molecular complexity index is 1500. The number of para-hydroxylation sites is 1. The summed E-state index contributed by atoms with van der Waals surface area (Å²) in [4.78, 5) is 22.3. The molecule has 1 N–H and O–H groups in total. The second-order valence-electron chi connectivity index (χ2n) is 8.27. The van der Waals surface area contributed by atoms with Crippen molar-refractivity contribution in [2.45, 2.75) is 26.1 Å². The molecule has 5 aromatic rings. The smallest absolute Gasteiger partial charge is 0.259 e. The van der Waals surface area contributed by atoms with Crippen molar-refractivity contribution in [2.75, 3.05) is 6.54 Å². The molecule has 0 amide bonds. The molecule has 0 radical (unpaired) electrons. The minimum Gasteiger partial charge on any atom is -0.337 e. The number of fused-ring (bicyclic) bond motifs is 5. The van der Waals surface area contributed by atoms with Gasteiger partial charge in [-0.2, -0.15) is 0 Å². The summed E-state index contributed by atoms with van der Waals surface area (Å²) in [5.74, 6) is 0. The van der Waals surface area contributed by atoms with Crippen molar-refractivity contribution in [1.29, 1.82) is 0 Å². The third-order valence-corrected chi connectivity index (χ3v) is 6.32. The first-order valence-corrected chi connectivity index (χ1v) is 11.0. The number of hydrogen-bond donors (Lipinski definition) is 1. The molecule has 32 heavy (non-hydrogen) atoms. The van der Waals surface area contributed by atoms with Gasteiger partial charge in [-0.15, -0.1) is 0 Å². The molecule has 6 nitrogen and oxygen atoms in total. The second kappa shape index (κ2) is 7.73. The monoisotopic (exact) mass is 421 g/mol. The van der Waals surface area contributed by atoms with Gasteiger partial charge in [-0.05, 0) is 42.1 Å². The van der Waals surface area contributed by atoms with Crippen molar-refractivity contribution >= 4 is 21.7 Å². The lowest BCUT2D eigenvalue weighted by Crippen LogP contribution is -2.20. The maximum atomic E-state index is 13.2. The molecule has 0 saturated carbocycles. The molecule has 6 heteroatoms. The highest BCUT2D eigenvalue weighted by Gasteiger charge is 2.26. The number of hydrogen-bond acceptors (Lipinski definition) is 4. The van der Waals surface area contributed by atoms with Crippen molar-refractivity contribution in [3.63, 3.8) is 0 Å². The lowest BCUT2D eigenvalue weighted by atomic mass is 10.00. The standard InChI is InChI=1S/C26H23N5O/c32-26-19-7-2-1-6-18(19)14-24-25-22(16-31(24)26)21(20-8-3-4-9-23(20)29-25)15-27-10-5-12-30-13-11-28-17-30/h1-4,6-9,11,13-14,17,27H,5,10,12,15-16H2. The van der Waals surface area contributed by atoms with Crippen LogP contribution < -0.4 is 10.9 Å². The fraction of sp³-hybridized carbons (Fsp3) is 0.192. The Labute approximate surface area is 185 Å². The summed E-state index contributed by atoms with van der Waals surface area (Å²) in [6.45, 7) is 3.16. The SMILES string of the molecule is O=c1c2ccccc2cc2n1Cc1c-2nc2ccccc2c1CNCCCn1ccnc1. The fourth-order valence-corrected chi connectivity index (χ4v) is 4.73. The van der Waals surface area contributed by atoms with Crippen LogP contribution in [0, 0.1) is 0 Å². The highest BCUT2D eigenvalue weighted by atomic mass is 16.1. The van der Waals surface area contributed by atoms with Crippen molar-refractivity contribution in [2.24, 2.45) is 0 Å². The molecule has 158 valence electrons. The van der Waals surface area contributed by atoms with Gasteiger partial charge in [0.2, 0.25) is 0 Å². The Balaban J connectivity index is 1.37. The van der Waals surface area contributed by atoms with Gasteiger partial charge in [0.05, 0.1) is 29.8 Å². The third-order valence-electron chi connectivity index (χ3n) is 6.32.